The fraction of sp³-hybridized carbons (Fsp3) is 0.308. The Balaban J connectivity index is 1.42. The second-order valence-electron chi connectivity index (χ2n) is 8.29. The third-order valence-corrected chi connectivity index (χ3v) is 6.78. The number of rotatable bonds is 8. The van der Waals surface area contributed by atoms with E-state index in [-0.39, 0.29) is 30.4 Å². The molecule has 0 spiro atoms. The molecule has 1 fully saturated rings. The van der Waals surface area contributed by atoms with Gasteiger partial charge in [-0.05, 0) is 48.9 Å². The molecule has 1 atom stereocenters. The van der Waals surface area contributed by atoms with Gasteiger partial charge in [0.1, 0.15) is 0 Å². The number of carbonyl (C=O) groups is 2. The highest BCUT2D eigenvalue weighted by Gasteiger charge is 2.21. The first-order valence-corrected chi connectivity index (χ1v) is 12.0. The van der Waals surface area contributed by atoms with Crippen molar-refractivity contribution in [3.63, 3.8) is 0 Å². The van der Waals surface area contributed by atoms with Crippen molar-refractivity contribution in [1.82, 2.24) is 10.6 Å². The first-order chi connectivity index (χ1) is 15.6. The number of hydrogen-bond acceptors (Lipinski definition) is 4. The van der Waals surface area contributed by atoms with Crippen LogP contribution in [0.5, 0.6) is 0 Å². The maximum atomic E-state index is 12.8. The summed E-state index contributed by atoms with van der Waals surface area (Å²) >= 11 is 1.66. The highest BCUT2D eigenvalue weighted by molar-refractivity contribution is 7.10. The molecule has 0 saturated heterocycles. The van der Waals surface area contributed by atoms with E-state index in [9.17, 15) is 9.59 Å². The van der Waals surface area contributed by atoms with Crippen LogP contribution in [0.25, 0.3) is 0 Å². The van der Waals surface area contributed by atoms with Gasteiger partial charge < -0.3 is 10.6 Å². The van der Waals surface area contributed by atoms with E-state index in [1.54, 1.807) is 23.5 Å². The summed E-state index contributed by atoms with van der Waals surface area (Å²) in [5.41, 5.74) is 3.35. The molecule has 1 aliphatic rings. The number of thiophene rings is 1. The number of amides is 2. The molecule has 1 aromatic heterocycles. The summed E-state index contributed by atoms with van der Waals surface area (Å²) in [6, 6.07) is 19.8. The summed E-state index contributed by atoms with van der Waals surface area (Å²) in [5, 5.41) is 11.4. The first kappa shape index (κ1) is 22.2. The van der Waals surface area contributed by atoms with Gasteiger partial charge in [-0.1, -0.05) is 60.9 Å². The average molecular weight is 448 g/mol. The van der Waals surface area contributed by atoms with Gasteiger partial charge in [-0.15, -0.1) is 11.3 Å². The fourth-order valence-electron chi connectivity index (χ4n) is 4.11. The Morgan fingerprint density at radius 3 is 2.47 bits per heavy atom. The topological polar surface area (TPSA) is 70.2 Å². The monoisotopic (exact) mass is 447 g/mol. The lowest BCUT2D eigenvalue weighted by atomic mass is 10.0. The summed E-state index contributed by atoms with van der Waals surface area (Å²) in [6.45, 7) is 2.19. The summed E-state index contributed by atoms with van der Waals surface area (Å²) in [6.07, 6.45) is 4.35. The lowest BCUT2D eigenvalue weighted by Gasteiger charge is -2.19. The molecule has 4 rings (SSSR count). The molecule has 3 aromatic rings. The molecular weight excluding hydrogens is 418 g/mol. The Morgan fingerprint density at radius 1 is 1.00 bits per heavy atom. The van der Waals surface area contributed by atoms with Crippen LogP contribution in [0.2, 0.25) is 0 Å². The molecule has 1 aliphatic carbocycles. The molecule has 32 heavy (non-hydrogen) atoms. The van der Waals surface area contributed by atoms with Gasteiger partial charge >= 0.3 is 0 Å². The molecule has 3 N–H and O–H groups in total. The molecule has 0 aliphatic heterocycles. The van der Waals surface area contributed by atoms with E-state index in [1.807, 2.05) is 23.6 Å². The fourth-order valence-corrected chi connectivity index (χ4v) is 4.94. The Hall–Kier alpha value is -2.96. The minimum absolute atomic E-state index is 0.0674. The van der Waals surface area contributed by atoms with Crippen LogP contribution in [0.3, 0.4) is 0 Å². The molecular formula is C26H29N3O2S. The van der Waals surface area contributed by atoms with E-state index in [0.29, 0.717) is 11.3 Å². The Labute approximate surface area is 193 Å². The highest BCUT2D eigenvalue weighted by atomic mass is 32.1. The first-order valence-electron chi connectivity index (χ1n) is 11.1. The van der Waals surface area contributed by atoms with E-state index >= 15 is 0 Å². The number of carbonyl (C=O) groups excluding carboxylic acids is 2. The Kier molecular flexibility index (Phi) is 7.35. The van der Waals surface area contributed by atoms with Gasteiger partial charge in [-0.25, -0.2) is 0 Å². The number of aryl methyl sites for hydroxylation is 1. The van der Waals surface area contributed by atoms with Crippen molar-refractivity contribution in [2.75, 3.05) is 11.9 Å². The largest absolute Gasteiger partial charge is 0.349 e. The van der Waals surface area contributed by atoms with Gasteiger partial charge in [0.25, 0.3) is 5.91 Å². The van der Waals surface area contributed by atoms with E-state index in [0.717, 1.165) is 36.1 Å². The van der Waals surface area contributed by atoms with Gasteiger partial charge in [0.05, 0.1) is 23.8 Å². The predicted octanol–water partition coefficient (Wildman–Crippen LogP) is 5.05. The van der Waals surface area contributed by atoms with Crippen molar-refractivity contribution >= 4 is 28.8 Å². The van der Waals surface area contributed by atoms with Crippen LogP contribution in [0.15, 0.2) is 66.0 Å². The lowest BCUT2D eigenvalue weighted by molar-refractivity contribution is -0.115. The average Bonchev–Trinajstić information content (AvgIpc) is 3.50. The van der Waals surface area contributed by atoms with Crippen molar-refractivity contribution in [2.45, 2.75) is 44.7 Å². The molecule has 6 heteroatoms. The molecule has 1 saturated carbocycles. The highest BCUT2D eigenvalue weighted by Crippen LogP contribution is 2.26. The molecule has 2 aromatic carbocycles. The number of anilines is 1. The van der Waals surface area contributed by atoms with Crippen LogP contribution in [0.1, 0.15) is 58.1 Å². The predicted molar refractivity (Wildman–Crippen MR) is 130 cm³/mol. The van der Waals surface area contributed by atoms with Crippen molar-refractivity contribution in [1.29, 1.82) is 0 Å². The van der Waals surface area contributed by atoms with Crippen LogP contribution in [0, 0.1) is 6.92 Å². The lowest BCUT2D eigenvalue weighted by Crippen LogP contribution is -2.34. The molecule has 1 heterocycles. The van der Waals surface area contributed by atoms with E-state index in [2.05, 4.69) is 53.2 Å². The third kappa shape index (κ3) is 5.64. The third-order valence-electron chi connectivity index (χ3n) is 5.84. The van der Waals surface area contributed by atoms with Crippen molar-refractivity contribution in [3.05, 3.63) is 87.6 Å². The zero-order chi connectivity index (χ0) is 22.3. The van der Waals surface area contributed by atoms with Crippen molar-refractivity contribution < 1.29 is 9.59 Å². The zero-order valence-corrected chi connectivity index (χ0v) is 19.1. The van der Waals surface area contributed by atoms with E-state index < -0.39 is 0 Å². The van der Waals surface area contributed by atoms with Crippen molar-refractivity contribution in [3.8, 4) is 0 Å². The number of para-hydroxylation sites is 1. The number of nitrogens with one attached hydrogen (secondary N) is 3. The van der Waals surface area contributed by atoms with E-state index in [4.69, 9.17) is 0 Å². The summed E-state index contributed by atoms with van der Waals surface area (Å²) < 4.78 is 0. The SMILES string of the molecule is Cc1ccc([C@@H](NCC(=O)Nc2ccccc2C(=O)NC2CCCC2)c2cccs2)cc1. The second kappa shape index (κ2) is 10.6. The van der Waals surface area contributed by atoms with Crippen LogP contribution in [-0.4, -0.2) is 24.4 Å². The van der Waals surface area contributed by atoms with Gasteiger partial charge in [-0.2, -0.15) is 0 Å². The molecule has 0 bridgehead atoms. The summed E-state index contributed by atoms with van der Waals surface area (Å²) in [4.78, 5) is 26.7. The smallest absolute Gasteiger partial charge is 0.253 e. The number of benzene rings is 2. The Morgan fingerprint density at radius 2 is 1.75 bits per heavy atom. The maximum absolute atomic E-state index is 12.8. The van der Waals surface area contributed by atoms with Crippen LogP contribution < -0.4 is 16.0 Å². The van der Waals surface area contributed by atoms with Crippen molar-refractivity contribution in [2.24, 2.45) is 0 Å². The molecule has 166 valence electrons. The second-order valence-corrected chi connectivity index (χ2v) is 9.27. The molecule has 5 nitrogen and oxygen atoms in total. The van der Waals surface area contributed by atoms with Gasteiger partial charge in [0, 0.05) is 10.9 Å². The van der Waals surface area contributed by atoms with E-state index in [1.165, 1.54) is 5.56 Å². The molecule has 0 unspecified atom stereocenters. The number of hydrogen-bond donors (Lipinski definition) is 3. The van der Waals surface area contributed by atoms with Gasteiger partial charge in [-0.3, -0.25) is 14.9 Å². The van der Waals surface area contributed by atoms with Gasteiger partial charge in [0.2, 0.25) is 5.91 Å². The summed E-state index contributed by atoms with van der Waals surface area (Å²) in [5.74, 6) is -0.309. The standard InChI is InChI=1S/C26H29N3O2S/c1-18-12-14-19(15-13-18)25(23-11-6-16-32-23)27-17-24(30)29-22-10-5-4-9-21(22)26(31)28-20-7-2-3-8-20/h4-6,9-16,20,25,27H,2-3,7-8,17H2,1H3,(H,28,31)(H,29,30)/t25-/m1/s1. The van der Waals surface area contributed by atoms with Crippen LogP contribution >= 0.6 is 11.3 Å². The minimum Gasteiger partial charge on any atom is -0.349 e. The maximum Gasteiger partial charge on any atom is 0.253 e. The Bertz CT molecular complexity index is 1040. The zero-order valence-electron chi connectivity index (χ0n) is 18.3. The minimum atomic E-state index is -0.181. The molecule has 2 amide bonds. The summed E-state index contributed by atoms with van der Waals surface area (Å²) in [7, 11) is 0. The van der Waals surface area contributed by atoms with Crippen LogP contribution in [-0.2, 0) is 4.79 Å². The van der Waals surface area contributed by atoms with Gasteiger partial charge in [0.15, 0.2) is 0 Å². The molecule has 0 radical (unpaired) electrons. The quantitative estimate of drug-likeness (QED) is 0.453. The normalized spacial score (nSPS) is 14.8. The van der Waals surface area contributed by atoms with Crippen LogP contribution in [0.4, 0.5) is 5.69 Å².